The summed E-state index contributed by atoms with van der Waals surface area (Å²) in [4.78, 5) is 10.9. The van der Waals surface area contributed by atoms with E-state index in [0.717, 1.165) is 25.1 Å². The van der Waals surface area contributed by atoms with Crippen molar-refractivity contribution in [1.29, 1.82) is 0 Å². The van der Waals surface area contributed by atoms with Gasteiger partial charge in [0.2, 0.25) is 5.91 Å². The van der Waals surface area contributed by atoms with E-state index in [2.05, 4.69) is 24.5 Å². The Kier molecular flexibility index (Phi) is 5.62. The zero-order valence-electron chi connectivity index (χ0n) is 11.2. The molecule has 1 unspecified atom stereocenters. The van der Waals surface area contributed by atoms with Gasteiger partial charge < -0.3 is 10.6 Å². The number of carbonyl (C=O) groups is 1. The molecule has 3 nitrogen and oxygen atoms in total. The molecule has 0 aliphatic carbocycles. The smallest absolute Gasteiger partial charge is 0.221 e. The third kappa shape index (κ3) is 4.73. The number of carbonyl (C=O) groups excluding carboxylic acids is 1. The molecule has 0 aromatic heterocycles. The Morgan fingerprint density at radius 2 is 2.17 bits per heavy atom. The van der Waals surface area contributed by atoms with Crippen molar-refractivity contribution in [2.45, 2.75) is 33.6 Å². The van der Waals surface area contributed by atoms with Crippen molar-refractivity contribution in [3.8, 4) is 0 Å². The lowest BCUT2D eigenvalue weighted by atomic mass is 10.1. The van der Waals surface area contributed by atoms with E-state index in [1.165, 1.54) is 13.0 Å². The molecule has 1 amide bonds. The summed E-state index contributed by atoms with van der Waals surface area (Å²) in [5.41, 5.74) is 1.04. The zero-order valence-corrected chi connectivity index (χ0v) is 11.2. The Balaban J connectivity index is 2.64. The van der Waals surface area contributed by atoms with Gasteiger partial charge in [-0.1, -0.05) is 20.3 Å². The normalized spacial score (nSPS) is 12.0. The summed E-state index contributed by atoms with van der Waals surface area (Å²) < 4.78 is 13.4. The molecular weight excluding hydrogens is 231 g/mol. The van der Waals surface area contributed by atoms with Crippen molar-refractivity contribution < 1.29 is 9.18 Å². The minimum absolute atomic E-state index is 0.218. The second-order valence-corrected chi connectivity index (χ2v) is 4.65. The summed E-state index contributed by atoms with van der Waals surface area (Å²) in [6, 6.07) is 4.66. The summed E-state index contributed by atoms with van der Waals surface area (Å²) >= 11 is 0. The largest absolute Gasteiger partial charge is 0.385 e. The first kappa shape index (κ1) is 14.5. The van der Waals surface area contributed by atoms with E-state index in [-0.39, 0.29) is 11.6 Å². The van der Waals surface area contributed by atoms with Crippen LogP contribution in [0.4, 0.5) is 15.8 Å². The van der Waals surface area contributed by atoms with Crippen LogP contribution in [0.1, 0.15) is 33.6 Å². The number of hydrogen-bond donors (Lipinski definition) is 2. The first-order chi connectivity index (χ1) is 8.52. The molecule has 0 saturated carbocycles. The van der Waals surface area contributed by atoms with E-state index in [1.807, 2.05) is 0 Å². The number of halogens is 1. The molecular formula is C14H21FN2O. The predicted molar refractivity (Wildman–Crippen MR) is 73.3 cm³/mol. The van der Waals surface area contributed by atoms with Gasteiger partial charge in [0.15, 0.2) is 0 Å². The molecule has 0 fully saturated rings. The molecule has 0 heterocycles. The van der Waals surface area contributed by atoms with Crippen molar-refractivity contribution >= 4 is 17.3 Å². The lowest BCUT2D eigenvalue weighted by molar-refractivity contribution is -0.114. The van der Waals surface area contributed by atoms with Gasteiger partial charge in [-0.15, -0.1) is 0 Å². The lowest BCUT2D eigenvalue weighted by Crippen LogP contribution is -2.12. The molecule has 0 bridgehead atoms. The minimum atomic E-state index is -0.419. The van der Waals surface area contributed by atoms with Crippen LogP contribution in [-0.4, -0.2) is 12.5 Å². The second kappa shape index (κ2) is 6.99. The highest BCUT2D eigenvalue weighted by molar-refractivity contribution is 5.89. The lowest BCUT2D eigenvalue weighted by Gasteiger charge is -2.13. The van der Waals surface area contributed by atoms with E-state index in [0.29, 0.717) is 5.92 Å². The summed E-state index contributed by atoms with van der Waals surface area (Å²) in [7, 11) is 0. The zero-order chi connectivity index (χ0) is 13.5. The molecule has 0 aliphatic rings. The van der Waals surface area contributed by atoms with Crippen molar-refractivity contribution in [3.63, 3.8) is 0 Å². The molecule has 0 saturated heterocycles. The van der Waals surface area contributed by atoms with Crippen LogP contribution in [0.3, 0.4) is 0 Å². The number of benzene rings is 1. The van der Waals surface area contributed by atoms with Gasteiger partial charge in [-0.2, -0.15) is 0 Å². The van der Waals surface area contributed by atoms with Crippen LogP contribution in [0, 0.1) is 11.7 Å². The van der Waals surface area contributed by atoms with Gasteiger partial charge >= 0.3 is 0 Å². The van der Waals surface area contributed by atoms with Crippen LogP contribution in [0.5, 0.6) is 0 Å². The first-order valence-corrected chi connectivity index (χ1v) is 6.34. The van der Waals surface area contributed by atoms with Gasteiger partial charge in [0.25, 0.3) is 0 Å². The van der Waals surface area contributed by atoms with Crippen LogP contribution in [-0.2, 0) is 4.79 Å². The van der Waals surface area contributed by atoms with Gasteiger partial charge in [0.05, 0.1) is 5.69 Å². The Morgan fingerprint density at radius 3 is 2.78 bits per heavy atom. The van der Waals surface area contributed by atoms with Crippen molar-refractivity contribution in [1.82, 2.24) is 0 Å². The van der Waals surface area contributed by atoms with Crippen molar-refractivity contribution in [2.24, 2.45) is 5.92 Å². The topological polar surface area (TPSA) is 41.1 Å². The van der Waals surface area contributed by atoms with Gasteiger partial charge in [-0.05, 0) is 30.5 Å². The van der Waals surface area contributed by atoms with Gasteiger partial charge in [0.1, 0.15) is 5.82 Å². The van der Waals surface area contributed by atoms with Gasteiger partial charge in [-0.25, -0.2) is 4.39 Å². The number of amides is 1. The number of rotatable bonds is 6. The van der Waals surface area contributed by atoms with Crippen LogP contribution in [0.15, 0.2) is 18.2 Å². The maximum absolute atomic E-state index is 13.4. The maximum atomic E-state index is 13.4. The minimum Gasteiger partial charge on any atom is -0.385 e. The van der Waals surface area contributed by atoms with Crippen LogP contribution >= 0.6 is 0 Å². The fourth-order valence-electron chi connectivity index (χ4n) is 1.81. The average molecular weight is 252 g/mol. The summed E-state index contributed by atoms with van der Waals surface area (Å²) in [6.07, 6.45) is 2.32. The molecule has 1 rings (SSSR count). The van der Waals surface area contributed by atoms with Crippen molar-refractivity contribution in [2.75, 3.05) is 17.2 Å². The number of nitrogens with one attached hydrogen (secondary N) is 2. The highest BCUT2D eigenvalue weighted by atomic mass is 19.1. The Labute approximate surface area is 108 Å². The van der Waals surface area contributed by atoms with Gasteiger partial charge in [-0.3, -0.25) is 4.79 Å². The molecule has 1 atom stereocenters. The third-order valence-electron chi connectivity index (χ3n) is 2.71. The summed E-state index contributed by atoms with van der Waals surface area (Å²) in [5.74, 6) is -0.118. The maximum Gasteiger partial charge on any atom is 0.221 e. The monoisotopic (exact) mass is 252 g/mol. The van der Waals surface area contributed by atoms with E-state index in [9.17, 15) is 9.18 Å². The molecule has 0 aliphatic heterocycles. The Hall–Kier alpha value is -1.58. The average Bonchev–Trinajstić information content (AvgIpc) is 2.30. The van der Waals surface area contributed by atoms with Crippen LogP contribution in [0.2, 0.25) is 0 Å². The second-order valence-electron chi connectivity index (χ2n) is 4.65. The van der Waals surface area contributed by atoms with E-state index in [1.54, 1.807) is 12.1 Å². The first-order valence-electron chi connectivity index (χ1n) is 6.34. The third-order valence-corrected chi connectivity index (χ3v) is 2.71. The molecule has 1 aromatic rings. The number of hydrogen-bond acceptors (Lipinski definition) is 2. The molecule has 0 radical (unpaired) electrons. The van der Waals surface area contributed by atoms with E-state index < -0.39 is 5.82 Å². The molecule has 100 valence electrons. The highest BCUT2D eigenvalue weighted by Crippen LogP contribution is 2.20. The molecule has 0 spiro atoms. The molecule has 4 heteroatoms. The summed E-state index contributed by atoms with van der Waals surface area (Å²) in [6.45, 7) is 6.54. The van der Waals surface area contributed by atoms with E-state index >= 15 is 0 Å². The predicted octanol–water partition coefficient (Wildman–Crippen LogP) is 3.63. The van der Waals surface area contributed by atoms with Crippen LogP contribution in [0.25, 0.3) is 0 Å². The Morgan fingerprint density at radius 1 is 1.44 bits per heavy atom. The van der Waals surface area contributed by atoms with Crippen LogP contribution < -0.4 is 10.6 Å². The highest BCUT2D eigenvalue weighted by Gasteiger charge is 2.06. The van der Waals surface area contributed by atoms with Crippen molar-refractivity contribution in [3.05, 3.63) is 24.0 Å². The van der Waals surface area contributed by atoms with Gasteiger partial charge in [0, 0.05) is 19.2 Å². The Bertz CT molecular complexity index is 407. The molecule has 1 aromatic carbocycles. The molecule has 18 heavy (non-hydrogen) atoms. The number of anilines is 2. The fraction of sp³-hybridized carbons (Fsp3) is 0.500. The fourth-order valence-corrected chi connectivity index (χ4v) is 1.81. The molecule has 2 N–H and O–H groups in total. The SMILES string of the molecule is CCCC(C)CNc1ccc(F)c(NC(C)=O)c1. The van der Waals surface area contributed by atoms with E-state index in [4.69, 9.17) is 0 Å². The standard InChI is InChI=1S/C14H21FN2O/c1-4-5-10(2)9-16-12-6-7-13(15)14(8-12)17-11(3)18/h6-8,10,16H,4-5,9H2,1-3H3,(H,17,18). The quantitative estimate of drug-likeness (QED) is 0.811. The summed E-state index contributed by atoms with van der Waals surface area (Å²) in [5, 5.41) is 5.72.